The number of carbonyl (C=O) groups is 2. The number of carbonyl (C=O) groups excluding carboxylic acids is 2. The Morgan fingerprint density at radius 1 is 1.18 bits per heavy atom. The molecule has 3 rings (SSSR count). The first-order valence-corrected chi connectivity index (χ1v) is 9.78. The van der Waals surface area contributed by atoms with Crippen LogP contribution in [0.15, 0.2) is 30.5 Å². The summed E-state index contributed by atoms with van der Waals surface area (Å²) in [6.07, 6.45) is -8.88. The van der Waals surface area contributed by atoms with E-state index < -0.39 is 52.8 Å². The van der Waals surface area contributed by atoms with E-state index in [1.807, 2.05) is 0 Å². The Balaban J connectivity index is 2.02. The summed E-state index contributed by atoms with van der Waals surface area (Å²) in [6, 6.07) is 0.500. The van der Waals surface area contributed by atoms with Crippen LogP contribution in [-0.4, -0.2) is 45.9 Å². The van der Waals surface area contributed by atoms with E-state index in [1.54, 1.807) is 0 Å². The maximum atomic E-state index is 13.3. The Bertz CT molecular complexity index is 1040. The first kappa shape index (κ1) is 24.6. The topological polar surface area (TPSA) is 87.2 Å². The molecule has 2 aromatic heterocycles. The van der Waals surface area contributed by atoms with Gasteiger partial charge in [0.05, 0.1) is 16.8 Å². The van der Waals surface area contributed by atoms with Gasteiger partial charge in [-0.15, -0.1) is 0 Å². The minimum atomic E-state index is -4.92. The Morgan fingerprint density at radius 2 is 1.88 bits per heavy atom. The molecule has 14 heteroatoms. The van der Waals surface area contributed by atoms with Crippen LogP contribution in [-0.2, 0) is 17.1 Å². The molecular weight excluding hydrogens is 480 g/mol. The molecule has 178 valence electrons. The summed E-state index contributed by atoms with van der Waals surface area (Å²) in [6.45, 7) is 1.71. The van der Waals surface area contributed by atoms with Crippen molar-refractivity contribution in [3.8, 4) is 0 Å². The van der Waals surface area contributed by atoms with E-state index in [9.17, 15) is 35.9 Å². The fourth-order valence-corrected chi connectivity index (χ4v) is 3.37. The minimum Gasteiger partial charge on any atom is -0.353 e. The number of amides is 3. The van der Waals surface area contributed by atoms with E-state index in [0.29, 0.717) is 6.07 Å². The molecule has 7 nitrogen and oxygen atoms in total. The lowest BCUT2D eigenvalue weighted by molar-refractivity contribution is -0.142. The highest BCUT2D eigenvalue weighted by Crippen LogP contribution is 2.35. The molecule has 1 fully saturated rings. The fourth-order valence-electron chi connectivity index (χ4n) is 3.15. The summed E-state index contributed by atoms with van der Waals surface area (Å²) in [5.74, 6) is -0.437. The van der Waals surface area contributed by atoms with Crippen molar-refractivity contribution in [3.63, 3.8) is 0 Å². The van der Waals surface area contributed by atoms with Crippen LogP contribution in [0.2, 0.25) is 5.02 Å². The standard InChI is InChI=1S/C19H16ClF6N5O2/c1-9-16(32)27-6-7-31(9)17(33)30-14(10-2-5-13(28-8-10)18(21,22)23)12-4-3-11(20)15(29-12)19(24,25)26/h2-5,8-9,14H,6-7H2,1H3,(H,27,32)(H,30,33)/t9-,14?/m1/s1. The molecule has 2 atom stereocenters. The molecule has 33 heavy (non-hydrogen) atoms. The van der Waals surface area contributed by atoms with Crippen molar-refractivity contribution in [1.29, 1.82) is 0 Å². The lowest BCUT2D eigenvalue weighted by atomic mass is 10.0. The number of nitrogens with one attached hydrogen (secondary N) is 2. The largest absolute Gasteiger partial charge is 0.434 e. The van der Waals surface area contributed by atoms with Crippen molar-refractivity contribution in [1.82, 2.24) is 25.5 Å². The zero-order valence-electron chi connectivity index (χ0n) is 16.8. The average molecular weight is 496 g/mol. The number of pyridine rings is 2. The van der Waals surface area contributed by atoms with Gasteiger partial charge in [0.2, 0.25) is 5.91 Å². The SMILES string of the molecule is C[C@@H]1C(=O)NCCN1C(=O)NC(c1ccc(C(F)(F)F)nc1)c1ccc(Cl)c(C(F)(F)F)n1. The molecular formula is C19H16ClF6N5O2. The Labute approximate surface area is 188 Å². The third-order valence-corrected chi connectivity index (χ3v) is 5.17. The summed E-state index contributed by atoms with van der Waals surface area (Å²) in [7, 11) is 0. The van der Waals surface area contributed by atoms with Crippen LogP contribution in [0, 0.1) is 0 Å². The van der Waals surface area contributed by atoms with Gasteiger partial charge in [-0.05, 0) is 30.7 Å². The average Bonchev–Trinajstić information content (AvgIpc) is 2.73. The van der Waals surface area contributed by atoms with Gasteiger partial charge in [-0.1, -0.05) is 17.7 Å². The van der Waals surface area contributed by atoms with Crippen molar-refractivity contribution in [3.05, 3.63) is 58.1 Å². The van der Waals surface area contributed by atoms with Crippen LogP contribution in [0.4, 0.5) is 31.1 Å². The smallest absolute Gasteiger partial charge is 0.353 e. The number of piperazine rings is 1. The van der Waals surface area contributed by atoms with Crippen LogP contribution in [0.3, 0.4) is 0 Å². The highest BCUT2D eigenvalue weighted by atomic mass is 35.5. The second-order valence-corrected chi connectivity index (χ2v) is 7.49. The number of hydrogen-bond acceptors (Lipinski definition) is 4. The summed E-state index contributed by atoms with van der Waals surface area (Å²) in [5, 5.41) is 4.30. The molecule has 1 saturated heterocycles. The maximum absolute atomic E-state index is 13.3. The Kier molecular flexibility index (Phi) is 6.73. The van der Waals surface area contributed by atoms with Crippen molar-refractivity contribution in [2.24, 2.45) is 0 Å². The Morgan fingerprint density at radius 3 is 2.45 bits per heavy atom. The zero-order chi connectivity index (χ0) is 24.6. The van der Waals surface area contributed by atoms with E-state index in [4.69, 9.17) is 11.6 Å². The number of urea groups is 1. The molecule has 1 aliphatic rings. The predicted octanol–water partition coefficient (Wildman–Crippen LogP) is 3.79. The molecule has 0 bridgehead atoms. The first-order chi connectivity index (χ1) is 15.3. The van der Waals surface area contributed by atoms with Crippen molar-refractivity contribution in [2.45, 2.75) is 31.4 Å². The van der Waals surface area contributed by atoms with E-state index in [-0.39, 0.29) is 24.3 Å². The summed E-state index contributed by atoms with van der Waals surface area (Å²) >= 11 is 5.61. The van der Waals surface area contributed by atoms with Gasteiger partial charge >= 0.3 is 18.4 Å². The van der Waals surface area contributed by atoms with Crippen molar-refractivity contribution < 1.29 is 35.9 Å². The van der Waals surface area contributed by atoms with Crippen LogP contribution in [0.25, 0.3) is 0 Å². The molecule has 1 aliphatic heterocycles. The Hall–Kier alpha value is -3.09. The number of halogens is 7. The highest BCUT2D eigenvalue weighted by molar-refractivity contribution is 6.31. The van der Waals surface area contributed by atoms with Gasteiger partial charge in [0.25, 0.3) is 0 Å². The monoisotopic (exact) mass is 495 g/mol. The first-order valence-electron chi connectivity index (χ1n) is 9.40. The summed E-state index contributed by atoms with van der Waals surface area (Å²) < 4.78 is 78.5. The third kappa shape index (κ3) is 5.46. The van der Waals surface area contributed by atoms with Gasteiger partial charge in [0, 0.05) is 19.3 Å². The molecule has 0 saturated carbocycles. The molecule has 2 N–H and O–H groups in total. The third-order valence-electron chi connectivity index (χ3n) is 4.87. The van der Waals surface area contributed by atoms with Crippen molar-refractivity contribution in [2.75, 3.05) is 13.1 Å². The number of rotatable bonds is 3. The number of hydrogen-bond donors (Lipinski definition) is 2. The van der Waals surface area contributed by atoms with Gasteiger partial charge in [-0.2, -0.15) is 26.3 Å². The second kappa shape index (κ2) is 9.04. The fraction of sp³-hybridized carbons (Fsp3) is 0.368. The minimum absolute atomic E-state index is 0.0617. The predicted molar refractivity (Wildman–Crippen MR) is 103 cm³/mol. The molecule has 3 amide bonds. The molecule has 1 unspecified atom stereocenters. The number of aromatic nitrogens is 2. The molecule has 2 aromatic rings. The van der Waals surface area contributed by atoms with Gasteiger partial charge in [0.1, 0.15) is 11.7 Å². The van der Waals surface area contributed by atoms with Crippen molar-refractivity contribution >= 4 is 23.5 Å². The lowest BCUT2D eigenvalue weighted by Crippen LogP contribution is -2.58. The van der Waals surface area contributed by atoms with E-state index >= 15 is 0 Å². The molecule has 3 heterocycles. The molecule has 0 aromatic carbocycles. The van der Waals surface area contributed by atoms with Gasteiger partial charge < -0.3 is 15.5 Å². The van der Waals surface area contributed by atoms with Crippen LogP contribution >= 0.6 is 11.6 Å². The maximum Gasteiger partial charge on any atom is 0.434 e. The summed E-state index contributed by atoms with van der Waals surface area (Å²) in [4.78, 5) is 32.7. The van der Waals surface area contributed by atoms with Crippen LogP contribution < -0.4 is 10.6 Å². The van der Waals surface area contributed by atoms with Gasteiger partial charge in [0.15, 0.2) is 5.69 Å². The summed E-state index contributed by atoms with van der Waals surface area (Å²) in [5.41, 5.74) is -3.05. The second-order valence-electron chi connectivity index (χ2n) is 7.08. The zero-order valence-corrected chi connectivity index (χ0v) is 17.5. The number of alkyl halides is 6. The van der Waals surface area contributed by atoms with E-state index in [0.717, 1.165) is 29.3 Å². The van der Waals surface area contributed by atoms with Crippen LogP contribution in [0.1, 0.15) is 35.6 Å². The van der Waals surface area contributed by atoms with Gasteiger partial charge in [-0.3, -0.25) is 9.78 Å². The van der Waals surface area contributed by atoms with E-state index in [1.165, 1.54) is 6.92 Å². The lowest BCUT2D eigenvalue weighted by Gasteiger charge is -2.34. The van der Waals surface area contributed by atoms with E-state index in [2.05, 4.69) is 20.6 Å². The normalized spacial score (nSPS) is 18.0. The molecule has 0 radical (unpaired) electrons. The quantitative estimate of drug-likeness (QED) is 0.634. The molecule has 0 aliphatic carbocycles. The van der Waals surface area contributed by atoms with Crippen LogP contribution in [0.5, 0.6) is 0 Å². The molecule has 0 spiro atoms. The number of nitrogens with zero attached hydrogens (tertiary/aromatic N) is 3. The highest BCUT2D eigenvalue weighted by Gasteiger charge is 2.37. The van der Waals surface area contributed by atoms with Gasteiger partial charge in [-0.25, -0.2) is 9.78 Å².